The van der Waals surface area contributed by atoms with Gasteiger partial charge < -0.3 is 0 Å². The highest BCUT2D eigenvalue weighted by Gasteiger charge is 2.15. The SMILES string of the molecule is Clc1nc(-c2ccccc2)cc2c1CCCC2. The molecule has 0 unspecified atom stereocenters. The van der Waals surface area contributed by atoms with Crippen LogP contribution in [-0.4, -0.2) is 4.98 Å². The van der Waals surface area contributed by atoms with Crippen molar-refractivity contribution in [3.05, 3.63) is 52.7 Å². The second-order valence-electron chi connectivity index (χ2n) is 4.51. The first-order valence-electron chi connectivity index (χ1n) is 6.08. The van der Waals surface area contributed by atoms with Crippen LogP contribution in [0.1, 0.15) is 24.0 Å². The van der Waals surface area contributed by atoms with E-state index in [2.05, 4.69) is 23.2 Å². The zero-order valence-electron chi connectivity index (χ0n) is 9.62. The van der Waals surface area contributed by atoms with Crippen LogP contribution in [0.3, 0.4) is 0 Å². The molecule has 0 bridgehead atoms. The smallest absolute Gasteiger partial charge is 0.133 e. The monoisotopic (exact) mass is 243 g/mol. The van der Waals surface area contributed by atoms with Crippen LogP contribution in [0.4, 0.5) is 0 Å². The largest absolute Gasteiger partial charge is 0.236 e. The Hall–Kier alpha value is -1.34. The molecule has 0 radical (unpaired) electrons. The summed E-state index contributed by atoms with van der Waals surface area (Å²) in [6.07, 6.45) is 4.72. The van der Waals surface area contributed by atoms with Crippen molar-refractivity contribution < 1.29 is 0 Å². The average Bonchev–Trinajstić information content (AvgIpc) is 2.40. The Bertz CT molecular complexity index is 534. The van der Waals surface area contributed by atoms with Crippen molar-refractivity contribution in [3.63, 3.8) is 0 Å². The van der Waals surface area contributed by atoms with Gasteiger partial charge in [-0.1, -0.05) is 41.9 Å². The molecule has 2 heteroatoms. The van der Waals surface area contributed by atoms with Gasteiger partial charge in [-0.2, -0.15) is 0 Å². The summed E-state index contributed by atoms with van der Waals surface area (Å²) in [5.41, 5.74) is 4.78. The maximum Gasteiger partial charge on any atom is 0.133 e. The van der Waals surface area contributed by atoms with Crippen LogP contribution >= 0.6 is 11.6 Å². The predicted molar refractivity (Wildman–Crippen MR) is 71.3 cm³/mol. The summed E-state index contributed by atoms with van der Waals surface area (Å²) in [7, 11) is 0. The van der Waals surface area contributed by atoms with Gasteiger partial charge in [-0.25, -0.2) is 4.98 Å². The summed E-state index contributed by atoms with van der Waals surface area (Å²) in [6, 6.07) is 12.4. The van der Waals surface area contributed by atoms with E-state index in [1.807, 2.05) is 18.2 Å². The van der Waals surface area contributed by atoms with Crippen molar-refractivity contribution in [2.24, 2.45) is 0 Å². The lowest BCUT2D eigenvalue weighted by Gasteiger charge is -2.17. The van der Waals surface area contributed by atoms with Crippen LogP contribution in [0.2, 0.25) is 5.15 Å². The first-order valence-corrected chi connectivity index (χ1v) is 6.46. The van der Waals surface area contributed by atoms with E-state index >= 15 is 0 Å². The lowest BCUT2D eigenvalue weighted by atomic mass is 9.92. The Balaban J connectivity index is 2.11. The zero-order chi connectivity index (χ0) is 11.7. The van der Waals surface area contributed by atoms with Crippen molar-refractivity contribution in [1.82, 2.24) is 4.98 Å². The molecule has 3 rings (SSSR count). The summed E-state index contributed by atoms with van der Waals surface area (Å²) >= 11 is 6.29. The molecule has 1 aliphatic carbocycles. The van der Waals surface area contributed by atoms with Crippen LogP contribution in [-0.2, 0) is 12.8 Å². The quantitative estimate of drug-likeness (QED) is 0.682. The summed E-state index contributed by atoms with van der Waals surface area (Å²) in [5, 5.41) is 0.695. The van der Waals surface area contributed by atoms with Crippen LogP contribution in [0.15, 0.2) is 36.4 Å². The highest BCUT2D eigenvalue weighted by Crippen LogP contribution is 2.30. The predicted octanol–water partition coefficient (Wildman–Crippen LogP) is 4.28. The van der Waals surface area contributed by atoms with E-state index < -0.39 is 0 Å². The van der Waals surface area contributed by atoms with Gasteiger partial charge in [-0.3, -0.25) is 0 Å². The summed E-state index contributed by atoms with van der Waals surface area (Å²) in [6.45, 7) is 0. The molecule has 1 nitrogen and oxygen atoms in total. The molecule has 1 aliphatic rings. The van der Waals surface area contributed by atoms with E-state index in [1.54, 1.807) is 0 Å². The van der Waals surface area contributed by atoms with Gasteiger partial charge in [0.05, 0.1) is 5.69 Å². The van der Waals surface area contributed by atoms with Crippen molar-refractivity contribution in [1.29, 1.82) is 0 Å². The fraction of sp³-hybridized carbons (Fsp3) is 0.267. The maximum atomic E-state index is 6.29. The Morgan fingerprint density at radius 2 is 1.76 bits per heavy atom. The van der Waals surface area contributed by atoms with E-state index in [-0.39, 0.29) is 0 Å². The van der Waals surface area contributed by atoms with Gasteiger partial charge in [-0.15, -0.1) is 0 Å². The minimum Gasteiger partial charge on any atom is -0.236 e. The van der Waals surface area contributed by atoms with Crippen molar-refractivity contribution in [3.8, 4) is 11.3 Å². The molecule has 0 aliphatic heterocycles. The summed E-state index contributed by atoms with van der Waals surface area (Å²) in [4.78, 5) is 4.52. The number of rotatable bonds is 1. The molecule has 2 aromatic rings. The van der Waals surface area contributed by atoms with E-state index in [9.17, 15) is 0 Å². The molecule has 0 spiro atoms. The van der Waals surface area contributed by atoms with Gasteiger partial charge in [0.1, 0.15) is 5.15 Å². The summed E-state index contributed by atoms with van der Waals surface area (Å²) < 4.78 is 0. The minimum absolute atomic E-state index is 0.695. The fourth-order valence-corrected chi connectivity index (χ4v) is 2.76. The second-order valence-corrected chi connectivity index (χ2v) is 4.87. The number of nitrogens with zero attached hydrogens (tertiary/aromatic N) is 1. The lowest BCUT2D eigenvalue weighted by Crippen LogP contribution is -2.05. The molecule has 0 saturated heterocycles. The van der Waals surface area contributed by atoms with E-state index in [4.69, 9.17) is 11.6 Å². The Labute approximate surface area is 106 Å². The van der Waals surface area contributed by atoms with E-state index in [0.717, 1.165) is 24.1 Å². The van der Waals surface area contributed by atoms with Gasteiger partial charge in [0.2, 0.25) is 0 Å². The number of pyridine rings is 1. The molecule has 0 atom stereocenters. The topological polar surface area (TPSA) is 12.9 Å². The van der Waals surface area contributed by atoms with Crippen LogP contribution < -0.4 is 0 Å². The molecule has 17 heavy (non-hydrogen) atoms. The standard InChI is InChI=1S/C15H14ClN/c16-15-13-9-5-4-8-12(13)10-14(17-15)11-6-2-1-3-7-11/h1-3,6-7,10H,4-5,8-9H2. The van der Waals surface area contributed by atoms with Crippen molar-refractivity contribution in [2.45, 2.75) is 25.7 Å². The van der Waals surface area contributed by atoms with E-state index in [0.29, 0.717) is 5.15 Å². The number of benzene rings is 1. The molecule has 1 aromatic heterocycles. The minimum atomic E-state index is 0.695. The number of aryl methyl sites for hydroxylation is 1. The van der Waals surface area contributed by atoms with Gasteiger partial charge in [0.25, 0.3) is 0 Å². The number of aromatic nitrogens is 1. The Morgan fingerprint density at radius 1 is 1.00 bits per heavy atom. The van der Waals surface area contributed by atoms with Crippen LogP contribution in [0.5, 0.6) is 0 Å². The molecular weight excluding hydrogens is 230 g/mol. The number of halogens is 1. The van der Waals surface area contributed by atoms with Gasteiger partial charge in [0.15, 0.2) is 0 Å². The maximum absolute atomic E-state index is 6.29. The number of hydrogen-bond donors (Lipinski definition) is 0. The molecule has 1 aromatic carbocycles. The molecule has 0 amide bonds. The van der Waals surface area contributed by atoms with E-state index in [1.165, 1.54) is 24.0 Å². The number of fused-ring (bicyclic) bond motifs is 1. The summed E-state index contributed by atoms with van der Waals surface area (Å²) in [5.74, 6) is 0. The molecule has 1 heterocycles. The van der Waals surface area contributed by atoms with Gasteiger partial charge >= 0.3 is 0 Å². The van der Waals surface area contributed by atoms with Crippen LogP contribution in [0.25, 0.3) is 11.3 Å². The Morgan fingerprint density at radius 3 is 2.59 bits per heavy atom. The van der Waals surface area contributed by atoms with Crippen molar-refractivity contribution >= 4 is 11.6 Å². The van der Waals surface area contributed by atoms with Gasteiger partial charge in [0, 0.05) is 5.56 Å². The van der Waals surface area contributed by atoms with Gasteiger partial charge in [-0.05, 0) is 42.9 Å². The first kappa shape index (κ1) is 10.8. The highest BCUT2D eigenvalue weighted by molar-refractivity contribution is 6.30. The normalized spacial score (nSPS) is 14.4. The molecular formula is C15H14ClN. The zero-order valence-corrected chi connectivity index (χ0v) is 10.4. The highest BCUT2D eigenvalue weighted by atomic mass is 35.5. The fourth-order valence-electron chi connectivity index (χ4n) is 2.45. The molecule has 0 fully saturated rings. The first-order chi connectivity index (χ1) is 8.34. The molecule has 86 valence electrons. The lowest BCUT2D eigenvalue weighted by molar-refractivity contribution is 0.683. The Kier molecular flexibility index (Phi) is 2.86. The average molecular weight is 244 g/mol. The van der Waals surface area contributed by atoms with Crippen LogP contribution in [0, 0.1) is 0 Å². The third-order valence-corrected chi connectivity index (χ3v) is 3.67. The third-order valence-electron chi connectivity index (χ3n) is 3.36. The van der Waals surface area contributed by atoms with Crippen molar-refractivity contribution in [2.75, 3.05) is 0 Å². The second kappa shape index (κ2) is 4.50. The number of hydrogen-bond acceptors (Lipinski definition) is 1. The molecule has 0 N–H and O–H groups in total. The molecule has 0 saturated carbocycles. The third kappa shape index (κ3) is 2.07.